The number of benzene rings is 1. The van der Waals surface area contributed by atoms with Crippen molar-refractivity contribution in [3.05, 3.63) is 50.7 Å². The van der Waals surface area contributed by atoms with Crippen molar-refractivity contribution in [2.45, 2.75) is 72.2 Å². The molecule has 0 saturated carbocycles. The minimum absolute atomic E-state index is 0.117. The van der Waals surface area contributed by atoms with E-state index in [-0.39, 0.29) is 47.5 Å². The molecule has 3 aromatic rings. The van der Waals surface area contributed by atoms with Crippen molar-refractivity contribution in [2.75, 3.05) is 24.6 Å². The molecular formula is C31H38N6O7. The highest BCUT2D eigenvalue weighted by molar-refractivity contribution is 5.98. The second kappa shape index (κ2) is 13.2. The number of para-hydroxylation sites is 1. The Labute approximate surface area is 254 Å². The molecule has 0 aliphatic carbocycles. The van der Waals surface area contributed by atoms with Crippen LogP contribution >= 0.6 is 0 Å². The number of nitrogens with one attached hydrogen (secondary N) is 1. The van der Waals surface area contributed by atoms with E-state index >= 15 is 0 Å². The first-order valence-electron chi connectivity index (χ1n) is 14.4. The van der Waals surface area contributed by atoms with Gasteiger partial charge in [-0.1, -0.05) is 18.1 Å². The summed E-state index contributed by atoms with van der Waals surface area (Å²) in [5, 5.41) is 2.91. The molecule has 1 unspecified atom stereocenters. The Kier molecular flexibility index (Phi) is 9.62. The summed E-state index contributed by atoms with van der Waals surface area (Å²) >= 11 is 0. The molecule has 2 aromatic heterocycles. The number of aryl methyl sites for hydroxylation is 1. The number of carbonyl (C=O) groups is 3. The van der Waals surface area contributed by atoms with Gasteiger partial charge in [0, 0.05) is 26.2 Å². The third-order valence-corrected chi connectivity index (χ3v) is 6.97. The van der Waals surface area contributed by atoms with Crippen LogP contribution in [0.25, 0.3) is 11.2 Å². The van der Waals surface area contributed by atoms with Gasteiger partial charge in [-0.2, -0.15) is 4.98 Å². The van der Waals surface area contributed by atoms with Gasteiger partial charge in [0.05, 0.1) is 18.7 Å². The van der Waals surface area contributed by atoms with E-state index in [0.717, 1.165) is 17.4 Å². The number of fused-ring (bicyclic) bond motifs is 1. The lowest BCUT2D eigenvalue weighted by Gasteiger charge is -2.34. The SMILES string of the molecule is CC#CCn1c(N2CCCC(NC(=O)OC(C)(C)C)C2)nc2c1c(=O)n(CC(=O)c1ccccc1OCC(C)=O)c(=O)n2C. The van der Waals surface area contributed by atoms with Crippen molar-refractivity contribution in [3.63, 3.8) is 0 Å². The predicted molar refractivity (Wildman–Crippen MR) is 164 cm³/mol. The maximum absolute atomic E-state index is 13.9. The van der Waals surface area contributed by atoms with Gasteiger partial charge in [0.15, 0.2) is 22.7 Å². The quantitative estimate of drug-likeness (QED) is 0.286. The molecule has 0 radical (unpaired) electrons. The molecule has 1 aliphatic rings. The minimum atomic E-state index is -0.709. The predicted octanol–water partition coefficient (Wildman–Crippen LogP) is 2.26. The van der Waals surface area contributed by atoms with Crippen LogP contribution in [0.2, 0.25) is 0 Å². The number of hydrogen-bond acceptors (Lipinski definition) is 9. The molecule has 1 atom stereocenters. The summed E-state index contributed by atoms with van der Waals surface area (Å²) in [5.74, 6) is 5.68. The fourth-order valence-electron chi connectivity index (χ4n) is 5.03. The fraction of sp³-hybridized carbons (Fsp3) is 0.484. The van der Waals surface area contributed by atoms with Crippen LogP contribution < -0.4 is 26.2 Å². The first-order valence-corrected chi connectivity index (χ1v) is 14.4. The zero-order valence-electron chi connectivity index (χ0n) is 25.9. The summed E-state index contributed by atoms with van der Waals surface area (Å²) < 4.78 is 14.7. The molecule has 1 amide bonds. The zero-order chi connectivity index (χ0) is 32.2. The van der Waals surface area contributed by atoms with Crippen molar-refractivity contribution in [1.82, 2.24) is 24.0 Å². The number of nitrogens with zero attached hydrogens (tertiary/aromatic N) is 5. The topological polar surface area (TPSA) is 147 Å². The third-order valence-electron chi connectivity index (χ3n) is 6.97. The number of rotatable bonds is 9. The number of hydrogen-bond donors (Lipinski definition) is 1. The van der Waals surface area contributed by atoms with E-state index in [2.05, 4.69) is 17.2 Å². The second-order valence-electron chi connectivity index (χ2n) is 11.7. The molecule has 1 saturated heterocycles. The summed E-state index contributed by atoms with van der Waals surface area (Å²) in [6, 6.07) is 6.13. The first-order chi connectivity index (χ1) is 20.8. The van der Waals surface area contributed by atoms with Gasteiger partial charge in [-0.3, -0.25) is 28.1 Å². The number of alkyl carbamates (subject to hydrolysis) is 1. The normalized spacial score (nSPS) is 15.0. The average molecular weight is 607 g/mol. The van der Waals surface area contributed by atoms with Crippen LogP contribution in [0, 0.1) is 11.8 Å². The summed E-state index contributed by atoms with van der Waals surface area (Å²) in [6.07, 6.45) is 0.958. The van der Waals surface area contributed by atoms with Gasteiger partial charge in [-0.15, -0.1) is 5.92 Å². The lowest BCUT2D eigenvalue weighted by molar-refractivity contribution is -0.118. The maximum atomic E-state index is 13.9. The molecule has 13 nitrogen and oxygen atoms in total. The molecule has 0 spiro atoms. The van der Waals surface area contributed by atoms with Crippen LogP contribution in [0.15, 0.2) is 33.9 Å². The van der Waals surface area contributed by atoms with Gasteiger partial charge in [0.25, 0.3) is 5.56 Å². The monoisotopic (exact) mass is 606 g/mol. The summed E-state index contributed by atoms with van der Waals surface area (Å²) in [5.41, 5.74) is -1.61. The van der Waals surface area contributed by atoms with Crippen molar-refractivity contribution in [3.8, 4) is 17.6 Å². The number of carbonyl (C=O) groups excluding carboxylic acids is 3. The van der Waals surface area contributed by atoms with E-state index in [0.29, 0.717) is 19.0 Å². The molecule has 1 aromatic carbocycles. The zero-order valence-corrected chi connectivity index (χ0v) is 25.9. The van der Waals surface area contributed by atoms with E-state index in [4.69, 9.17) is 14.5 Å². The first kappa shape index (κ1) is 32.1. The summed E-state index contributed by atoms with van der Waals surface area (Å²) in [7, 11) is 1.49. The van der Waals surface area contributed by atoms with Crippen LogP contribution in [0.3, 0.4) is 0 Å². The number of piperidine rings is 1. The Balaban J connectivity index is 1.73. The Morgan fingerprint density at radius 2 is 1.86 bits per heavy atom. The lowest BCUT2D eigenvalue weighted by Crippen LogP contribution is -2.49. The van der Waals surface area contributed by atoms with Crippen molar-refractivity contribution >= 4 is 34.8 Å². The number of aromatic nitrogens is 4. The van der Waals surface area contributed by atoms with Gasteiger partial charge < -0.3 is 19.7 Å². The highest BCUT2D eigenvalue weighted by Gasteiger charge is 2.29. The Morgan fingerprint density at radius 1 is 1.14 bits per heavy atom. The maximum Gasteiger partial charge on any atom is 0.407 e. The molecule has 44 heavy (non-hydrogen) atoms. The van der Waals surface area contributed by atoms with Crippen LogP contribution in [0.5, 0.6) is 5.75 Å². The van der Waals surface area contributed by atoms with Crippen LogP contribution in [-0.2, 0) is 29.7 Å². The summed E-state index contributed by atoms with van der Waals surface area (Å²) in [6.45, 7) is 8.78. The number of ketones is 2. The van der Waals surface area contributed by atoms with Gasteiger partial charge in [-0.25, -0.2) is 9.59 Å². The van der Waals surface area contributed by atoms with Crippen LogP contribution in [0.4, 0.5) is 10.7 Å². The van der Waals surface area contributed by atoms with E-state index in [9.17, 15) is 24.0 Å². The van der Waals surface area contributed by atoms with Gasteiger partial charge in [0.1, 0.15) is 18.0 Å². The smallest absolute Gasteiger partial charge is 0.407 e. The largest absolute Gasteiger partial charge is 0.485 e. The second-order valence-corrected chi connectivity index (χ2v) is 11.7. The third kappa shape index (κ3) is 7.19. The summed E-state index contributed by atoms with van der Waals surface area (Å²) in [4.78, 5) is 71.2. The van der Waals surface area contributed by atoms with Gasteiger partial charge in [-0.05, 0) is 59.6 Å². The Hall–Kier alpha value is -4.86. The molecule has 13 heteroatoms. The molecule has 0 bridgehead atoms. The van der Waals surface area contributed by atoms with Gasteiger partial charge >= 0.3 is 11.8 Å². The minimum Gasteiger partial charge on any atom is -0.485 e. The number of anilines is 1. The molecule has 4 rings (SSSR count). The highest BCUT2D eigenvalue weighted by atomic mass is 16.6. The van der Waals surface area contributed by atoms with E-state index < -0.39 is 35.3 Å². The van der Waals surface area contributed by atoms with E-state index in [1.807, 2.05) is 4.90 Å². The number of imidazole rings is 1. The van der Waals surface area contributed by atoms with E-state index in [1.54, 1.807) is 50.5 Å². The standard InChI is InChI=1S/C31H38N6O7/c1-7-8-16-36-25-26(33-28(36)35-15-11-12-21(17-35)32-29(41)44-31(3,4)5)34(6)30(42)37(27(25)40)18-23(39)22-13-9-10-14-24(22)43-19-20(2)38/h9-10,13-14,21H,11-12,15-19H2,1-6H3,(H,32,41). The molecule has 1 N–H and O–H groups in total. The van der Waals surface area contributed by atoms with E-state index in [1.165, 1.54) is 24.6 Å². The number of Topliss-reactive ketones (excluding diaryl/α,β-unsaturated/α-hetero) is 2. The average Bonchev–Trinajstić information content (AvgIpc) is 3.35. The molecular weight excluding hydrogens is 568 g/mol. The highest BCUT2D eigenvalue weighted by Crippen LogP contribution is 2.24. The Morgan fingerprint density at radius 3 is 2.55 bits per heavy atom. The molecule has 1 fully saturated rings. The Bertz CT molecular complexity index is 1770. The van der Waals surface area contributed by atoms with Crippen molar-refractivity contribution in [1.29, 1.82) is 0 Å². The lowest BCUT2D eigenvalue weighted by atomic mass is 10.1. The van der Waals surface area contributed by atoms with Crippen LogP contribution in [0.1, 0.15) is 57.8 Å². The number of amides is 1. The van der Waals surface area contributed by atoms with Gasteiger partial charge in [0.2, 0.25) is 5.95 Å². The number of ether oxygens (including phenoxy) is 2. The molecule has 3 heterocycles. The van der Waals surface area contributed by atoms with Crippen molar-refractivity contribution in [2.24, 2.45) is 7.05 Å². The molecule has 234 valence electrons. The molecule has 1 aliphatic heterocycles. The van der Waals surface area contributed by atoms with Crippen molar-refractivity contribution < 1.29 is 23.9 Å². The fourth-order valence-corrected chi connectivity index (χ4v) is 5.03. The van der Waals surface area contributed by atoms with Crippen LogP contribution in [-0.4, -0.2) is 67.7 Å².